The largest absolute Gasteiger partial charge is 0.376 e. The lowest BCUT2D eigenvalue weighted by Crippen LogP contribution is -2.22. The molecule has 0 saturated heterocycles. The fourth-order valence-electron chi connectivity index (χ4n) is 1.97. The Hall–Kier alpha value is -1.61. The number of sulfone groups is 1. The van der Waals surface area contributed by atoms with Gasteiger partial charge in [-0.1, -0.05) is 12.1 Å². The van der Waals surface area contributed by atoms with Gasteiger partial charge in [-0.2, -0.15) is 0 Å². The molecule has 0 fully saturated rings. The van der Waals surface area contributed by atoms with Gasteiger partial charge in [0.15, 0.2) is 9.84 Å². The number of nitrogens with one attached hydrogen (secondary N) is 2. The summed E-state index contributed by atoms with van der Waals surface area (Å²) in [6, 6.07) is 12.3. The molecular weight excluding hydrogens is 427 g/mol. The summed E-state index contributed by atoms with van der Waals surface area (Å²) in [4.78, 5) is 12.2. The Morgan fingerprint density at radius 1 is 1.17 bits per heavy atom. The van der Waals surface area contributed by atoms with Gasteiger partial charge in [0.05, 0.1) is 11.4 Å². The molecule has 0 aliphatic carbocycles. The second-order valence-corrected chi connectivity index (χ2v) is 8.42. The lowest BCUT2D eigenvalue weighted by molar-refractivity contribution is -0.114. The predicted molar refractivity (Wildman–Crippen MR) is 101 cm³/mol. The third-order valence-electron chi connectivity index (χ3n) is 3.18. The molecule has 0 radical (unpaired) electrons. The minimum absolute atomic E-state index is 0.0551. The maximum absolute atomic E-state index is 12.0. The Bertz CT molecular complexity index is 835. The highest BCUT2D eigenvalue weighted by Gasteiger charge is 2.10. The van der Waals surface area contributed by atoms with Crippen LogP contribution in [0.1, 0.15) is 5.56 Å². The van der Waals surface area contributed by atoms with Crippen molar-refractivity contribution in [2.45, 2.75) is 11.8 Å². The average Bonchev–Trinajstić information content (AvgIpc) is 2.45. The van der Waals surface area contributed by atoms with E-state index in [0.29, 0.717) is 5.69 Å². The molecule has 0 aliphatic heterocycles. The van der Waals surface area contributed by atoms with Gasteiger partial charge in [0.2, 0.25) is 5.91 Å². The number of halogens is 1. The van der Waals surface area contributed by atoms with Crippen molar-refractivity contribution in [3.63, 3.8) is 0 Å². The summed E-state index contributed by atoms with van der Waals surface area (Å²) >= 11 is 2.17. The summed E-state index contributed by atoms with van der Waals surface area (Å²) < 4.78 is 24.2. The van der Waals surface area contributed by atoms with E-state index < -0.39 is 9.84 Å². The molecule has 2 aromatic carbocycles. The van der Waals surface area contributed by atoms with E-state index in [0.717, 1.165) is 21.1 Å². The number of hydrogen-bond acceptors (Lipinski definition) is 4. The van der Waals surface area contributed by atoms with Crippen LogP contribution in [0.5, 0.6) is 0 Å². The predicted octanol–water partition coefficient (Wildman–Crippen LogP) is 3.05. The van der Waals surface area contributed by atoms with Crippen LogP contribution in [0.3, 0.4) is 0 Å². The van der Waals surface area contributed by atoms with Crippen molar-refractivity contribution in [1.29, 1.82) is 0 Å². The molecule has 5 nitrogen and oxygen atoms in total. The van der Waals surface area contributed by atoms with Crippen molar-refractivity contribution < 1.29 is 13.2 Å². The molecule has 0 aliphatic rings. The molecule has 0 bridgehead atoms. The average molecular weight is 444 g/mol. The third kappa shape index (κ3) is 5.21. The van der Waals surface area contributed by atoms with E-state index in [9.17, 15) is 13.2 Å². The molecule has 1 amide bonds. The molecular formula is C16H17IN2O3S. The lowest BCUT2D eigenvalue weighted by atomic mass is 10.2. The van der Waals surface area contributed by atoms with E-state index in [1.807, 2.05) is 31.2 Å². The molecule has 2 aromatic rings. The van der Waals surface area contributed by atoms with E-state index >= 15 is 0 Å². The summed E-state index contributed by atoms with van der Waals surface area (Å²) in [5, 5.41) is 5.77. The van der Waals surface area contributed by atoms with Crippen molar-refractivity contribution in [3.8, 4) is 0 Å². The topological polar surface area (TPSA) is 75.3 Å². The first-order chi connectivity index (χ1) is 10.8. The van der Waals surface area contributed by atoms with Gasteiger partial charge < -0.3 is 10.6 Å². The van der Waals surface area contributed by atoms with Gasteiger partial charge in [-0.3, -0.25) is 4.79 Å². The van der Waals surface area contributed by atoms with Crippen LogP contribution < -0.4 is 10.6 Å². The summed E-state index contributed by atoms with van der Waals surface area (Å²) in [5.41, 5.74) is 2.23. The van der Waals surface area contributed by atoms with Crippen molar-refractivity contribution in [1.82, 2.24) is 0 Å². The Morgan fingerprint density at radius 2 is 1.91 bits per heavy atom. The second kappa shape index (κ2) is 7.31. The number of hydrogen-bond donors (Lipinski definition) is 2. The number of rotatable bonds is 5. The zero-order valence-electron chi connectivity index (χ0n) is 12.8. The van der Waals surface area contributed by atoms with Gasteiger partial charge in [-0.15, -0.1) is 0 Å². The number of anilines is 2. The number of amides is 1. The van der Waals surface area contributed by atoms with Crippen LogP contribution in [-0.2, 0) is 14.6 Å². The first-order valence-electron chi connectivity index (χ1n) is 6.86. The van der Waals surface area contributed by atoms with Crippen LogP contribution in [-0.4, -0.2) is 27.1 Å². The minimum atomic E-state index is -3.28. The quantitative estimate of drug-likeness (QED) is 0.696. The van der Waals surface area contributed by atoms with Gasteiger partial charge in [0, 0.05) is 21.2 Å². The maximum atomic E-state index is 12.0. The molecule has 23 heavy (non-hydrogen) atoms. The van der Waals surface area contributed by atoms with Crippen LogP contribution in [0.4, 0.5) is 11.4 Å². The smallest absolute Gasteiger partial charge is 0.243 e. The Morgan fingerprint density at radius 3 is 2.57 bits per heavy atom. The van der Waals surface area contributed by atoms with E-state index in [2.05, 4.69) is 33.2 Å². The third-order valence-corrected chi connectivity index (χ3v) is 4.97. The molecule has 0 aromatic heterocycles. The maximum Gasteiger partial charge on any atom is 0.243 e. The number of aryl methyl sites for hydroxylation is 1. The minimum Gasteiger partial charge on any atom is -0.376 e. The Kier molecular flexibility index (Phi) is 5.64. The molecule has 0 unspecified atom stereocenters. The van der Waals surface area contributed by atoms with Crippen LogP contribution in [0.15, 0.2) is 47.4 Å². The van der Waals surface area contributed by atoms with Crippen LogP contribution >= 0.6 is 22.6 Å². The van der Waals surface area contributed by atoms with Crippen LogP contribution in [0.2, 0.25) is 0 Å². The van der Waals surface area contributed by atoms with Crippen molar-refractivity contribution in [2.75, 3.05) is 23.4 Å². The van der Waals surface area contributed by atoms with Crippen molar-refractivity contribution in [3.05, 3.63) is 51.6 Å². The van der Waals surface area contributed by atoms with Gasteiger partial charge in [-0.25, -0.2) is 8.42 Å². The van der Waals surface area contributed by atoms with E-state index in [1.165, 1.54) is 0 Å². The van der Waals surface area contributed by atoms with E-state index in [4.69, 9.17) is 0 Å². The van der Waals surface area contributed by atoms with Crippen LogP contribution in [0, 0.1) is 10.5 Å². The number of carbonyl (C=O) groups is 1. The highest BCUT2D eigenvalue weighted by atomic mass is 127. The highest BCUT2D eigenvalue weighted by molar-refractivity contribution is 14.1. The fraction of sp³-hybridized carbons (Fsp3) is 0.188. The fourth-order valence-corrected chi connectivity index (χ4v) is 3.16. The molecule has 2 rings (SSSR count). The zero-order chi connectivity index (χ0) is 17.0. The lowest BCUT2D eigenvalue weighted by Gasteiger charge is -2.11. The monoisotopic (exact) mass is 444 g/mol. The van der Waals surface area contributed by atoms with E-state index in [1.54, 1.807) is 18.2 Å². The molecule has 0 heterocycles. The van der Waals surface area contributed by atoms with Gasteiger partial charge >= 0.3 is 0 Å². The first-order valence-corrected chi connectivity index (χ1v) is 9.83. The molecule has 2 N–H and O–H groups in total. The summed E-state index contributed by atoms with van der Waals surface area (Å²) in [5.74, 6) is -0.198. The number of carbonyl (C=O) groups excluding carboxylic acids is 1. The zero-order valence-corrected chi connectivity index (χ0v) is 15.7. The van der Waals surface area contributed by atoms with Crippen molar-refractivity contribution >= 4 is 49.7 Å². The summed E-state index contributed by atoms with van der Waals surface area (Å²) in [7, 11) is -3.28. The van der Waals surface area contributed by atoms with Crippen LogP contribution in [0.25, 0.3) is 0 Å². The molecule has 0 atom stereocenters. The van der Waals surface area contributed by atoms with Gasteiger partial charge in [-0.05, 0) is 65.4 Å². The van der Waals surface area contributed by atoms with E-state index in [-0.39, 0.29) is 17.3 Å². The Balaban J connectivity index is 2.04. The van der Waals surface area contributed by atoms with Crippen molar-refractivity contribution in [2.24, 2.45) is 0 Å². The second-order valence-electron chi connectivity index (χ2n) is 5.16. The SMILES string of the molecule is Cc1ccc(S(C)(=O)=O)cc1NCC(=O)Nc1cccc(I)c1. The van der Waals surface area contributed by atoms with Gasteiger partial charge in [0.1, 0.15) is 0 Å². The Labute approximate surface area is 149 Å². The normalized spacial score (nSPS) is 11.1. The summed E-state index contributed by atoms with van der Waals surface area (Å²) in [6.45, 7) is 1.91. The molecule has 0 saturated carbocycles. The summed E-state index contributed by atoms with van der Waals surface area (Å²) in [6.07, 6.45) is 1.16. The van der Waals surface area contributed by atoms with Gasteiger partial charge in [0.25, 0.3) is 0 Å². The standard InChI is InChI=1S/C16H17IN2O3S/c1-11-6-7-14(23(2,21)22)9-15(11)18-10-16(20)19-13-5-3-4-12(17)8-13/h3-9,18H,10H2,1-2H3,(H,19,20). The molecule has 122 valence electrons. The molecule has 7 heteroatoms. The number of benzene rings is 2. The first kappa shape index (κ1) is 17.7. The highest BCUT2D eigenvalue weighted by Crippen LogP contribution is 2.20. The molecule has 0 spiro atoms.